The van der Waals surface area contributed by atoms with Crippen molar-refractivity contribution in [2.45, 2.75) is 26.1 Å². The minimum absolute atomic E-state index is 0.0554. The van der Waals surface area contributed by atoms with Crippen molar-refractivity contribution in [3.63, 3.8) is 0 Å². The summed E-state index contributed by atoms with van der Waals surface area (Å²) < 4.78 is 57.7. The van der Waals surface area contributed by atoms with E-state index in [9.17, 15) is 27.2 Å². The Morgan fingerprint density at radius 1 is 1.07 bits per heavy atom. The molecule has 9 heteroatoms. The van der Waals surface area contributed by atoms with Crippen LogP contribution in [0.4, 0.5) is 28.0 Å². The molecule has 0 bridgehead atoms. The molecule has 0 aliphatic heterocycles. The van der Waals surface area contributed by atoms with Crippen LogP contribution in [0.15, 0.2) is 48.5 Å². The molecule has 0 radical (unpaired) electrons. The lowest BCUT2D eigenvalue weighted by atomic mass is 10.1. The zero-order chi connectivity index (χ0) is 21.4. The summed E-state index contributed by atoms with van der Waals surface area (Å²) in [7, 11) is 0. The van der Waals surface area contributed by atoms with E-state index in [1.807, 2.05) is 0 Å². The molecule has 0 fully saturated rings. The maximum Gasteiger partial charge on any atom is 0.419 e. The highest BCUT2D eigenvalue weighted by Crippen LogP contribution is 2.34. The molecule has 2 aromatic carbocycles. The Morgan fingerprint density at radius 3 is 2.38 bits per heavy atom. The van der Waals surface area contributed by atoms with Crippen LogP contribution >= 0.6 is 0 Å². The Balaban J connectivity index is 2.19. The van der Waals surface area contributed by atoms with Crippen molar-refractivity contribution in [3.8, 4) is 0 Å². The number of halogens is 4. The molecule has 5 nitrogen and oxygen atoms in total. The van der Waals surface area contributed by atoms with Gasteiger partial charge in [0.15, 0.2) is 5.82 Å². The van der Waals surface area contributed by atoms with Gasteiger partial charge in [0.25, 0.3) is 0 Å². The molecule has 0 atom stereocenters. The van der Waals surface area contributed by atoms with Gasteiger partial charge in [-0.3, -0.25) is 4.79 Å². The van der Waals surface area contributed by atoms with Crippen LogP contribution < -0.4 is 5.32 Å². The van der Waals surface area contributed by atoms with Gasteiger partial charge < -0.3 is 15.0 Å². The second-order valence-corrected chi connectivity index (χ2v) is 6.06. The number of hydrogen-bond donors (Lipinski definition) is 1. The van der Waals surface area contributed by atoms with Gasteiger partial charge in [-0.15, -0.1) is 0 Å². The van der Waals surface area contributed by atoms with Crippen LogP contribution in [-0.2, 0) is 22.3 Å². The SMILES string of the molecule is CCOC(=O)CCN(Cc1ccccc1)C(=O)Nc1cccc(C(F)(F)F)c1F. The van der Waals surface area contributed by atoms with Crippen molar-refractivity contribution in [3.05, 3.63) is 65.5 Å². The van der Waals surface area contributed by atoms with Gasteiger partial charge in [0.05, 0.1) is 24.3 Å². The van der Waals surface area contributed by atoms with Crippen molar-refractivity contribution in [2.24, 2.45) is 0 Å². The van der Waals surface area contributed by atoms with Crippen LogP contribution in [0.5, 0.6) is 0 Å². The molecule has 2 aromatic rings. The summed E-state index contributed by atoms with van der Waals surface area (Å²) in [6, 6.07) is 10.6. The fourth-order valence-electron chi connectivity index (χ4n) is 2.56. The van der Waals surface area contributed by atoms with Gasteiger partial charge >= 0.3 is 18.2 Å². The van der Waals surface area contributed by atoms with Gasteiger partial charge in [-0.25, -0.2) is 9.18 Å². The van der Waals surface area contributed by atoms with E-state index in [2.05, 4.69) is 5.32 Å². The number of ether oxygens (including phenoxy) is 1. The fraction of sp³-hybridized carbons (Fsp3) is 0.300. The number of carbonyl (C=O) groups excluding carboxylic acids is 2. The van der Waals surface area contributed by atoms with Crippen molar-refractivity contribution in [1.82, 2.24) is 4.90 Å². The van der Waals surface area contributed by atoms with Crippen molar-refractivity contribution in [2.75, 3.05) is 18.5 Å². The molecule has 0 aliphatic rings. The molecule has 0 spiro atoms. The predicted octanol–water partition coefficient (Wildman–Crippen LogP) is 4.83. The molecule has 0 saturated carbocycles. The molecule has 156 valence electrons. The summed E-state index contributed by atoms with van der Waals surface area (Å²) in [4.78, 5) is 25.4. The van der Waals surface area contributed by atoms with E-state index in [0.717, 1.165) is 17.7 Å². The average Bonchev–Trinajstić information content (AvgIpc) is 2.66. The van der Waals surface area contributed by atoms with Gasteiger partial charge in [0.2, 0.25) is 0 Å². The third-order valence-electron chi connectivity index (χ3n) is 3.94. The van der Waals surface area contributed by atoms with Gasteiger partial charge in [-0.1, -0.05) is 36.4 Å². The number of alkyl halides is 3. The summed E-state index contributed by atoms with van der Waals surface area (Å²) in [5.74, 6) is -2.10. The molecule has 2 amide bonds. The third kappa shape index (κ3) is 6.48. The minimum Gasteiger partial charge on any atom is -0.466 e. The smallest absolute Gasteiger partial charge is 0.419 e. The molecule has 1 N–H and O–H groups in total. The van der Waals surface area contributed by atoms with E-state index in [4.69, 9.17) is 4.74 Å². The monoisotopic (exact) mass is 412 g/mol. The third-order valence-corrected chi connectivity index (χ3v) is 3.94. The van der Waals surface area contributed by atoms with E-state index >= 15 is 0 Å². The molecule has 29 heavy (non-hydrogen) atoms. The molecule has 0 unspecified atom stereocenters. The van der Waals surface area contributed by atoms with Crippen LogP contribution in [0.2, 0.25) is 0 Å². The van der Waals surface area contributed by atoms with Crippen LogP contribution in [0.1, 0.15) is 24.5 Å². The maximum absolute atomic E-state index is 14.2. The number of nitrogens with one attached hydrogen (secondary N) is 1. The zero-order valence-electron chi connectivity index (χ0n) is 15.6. The second kappa shape index (κ2) is 9.90. The van der Waals surface area contributed by atoms with Crippen LogP contribution in [0.25, 0.3) is 0 Å². The summed E-state index contributed by atoms with van der Waals surface area (Å²) in [6.45, 7) is 1.84. The van der Waals surface area contributed by atoms with Gasteiger partial charge in [-0.05, 0) is 24.6 Å². The number of carbonyl (C=O) groups is 2. The Morgan fingerprint density at radius 2 is 1.76 bits per heavy atom. The molecule has 0 saturated heterocycles. The van der Waals surface area contributed by atoms with E-state index < -0.39 is 35.2 Å². The van der Waals surface area contributed by atoms with Crippen molar-refractivity contribution in [1.29, 1.82) is 0 Å². The maximum atomic E-state index is 14.2. The molecular formula is C20H20F4N2O3. The van der Waals surface area contributed by atoms with Gasteiger partial charge in [-0.2, -0.15) is 13.2 Å². The predicted molar refractivity (Wildman–Crippen MR) is 98.5 cm³/mol. The number of rotatable bonds is 7. The lowest BCUT2D eigenvalue weighted by Gasteiger charge is -2.23. The average molecular weight is 412 g/mol. The van der Waals surface area contributed by atoms with Gasteiger partial charge in [0.1, 0.15) is 0 Å². The molecule has 0 heterocycles. The first-order valence-electron chi connectivity index (χ1n) is 8.83. The highest BCUT2D eigenvalue weighted by molar-refractivity contribution is 5.89. The quantitative estimate of drug-likeness (QED) is 0.523. The minimum atomic E-state index is -4.89. The highest BCUT2D eigenvalue weighted by Gasteiger charge is 2.35. The largest absolute Gasteiger partial charge is 0.466 e. The van der Waals surface area contributed by atoms with Crippen molar-refractivity contribution < 1.29 is 31.9 Å². The number of nitrogens with zero attached hydrogens (tertiary/aromatic N) is 1. The van der Waals surface area contributed by atoms with Crippen molar-refractivity contribution >= 4 is 17.7 Å². The number of urea groups is 1. The Bertz CT molecular complexity index is 841. The standard InChI is InChI=1S/C20H20F4N2O3/c1-2-29-17(27)11-12-26(13-14-7-4-3-5-8-14)19(28)25-16-10-6-9-15(18(16)21)20(22,23)24/h3-10H,2,11-13H2,1H3,(H,25,28). The summed E-state index contributed by atoms with van der Waals surface area (Å²) >= 11 is 0. The Kier molecular flexibility index (Phi) is 7.58. The number of esters is 1. The first kappa shape index (κ1) is 22.2. The summed E-state index contributed by atoms with van der Waals surface area (Å²) in [6.07, 6.45) is -5.00. The second-order valence-electron chi connectivity index (χ2n) is 6.06. The normalized spacial score (nSPS) is 11.1. The van der Waals surface area contributed by atoms with E-state index in [-0.39, 0.29) is 26.1 Å². The topological polar surface area (TPSA) is 58.6 Å². The van der Waals surface area contributed by atoms with E-state index in [1.165, 1.54) is 4.90 Å². The summed E-state index contributed by atoms with van der Waals surface area (Å²) in [5.41, 5.74) is -1.34. The molecule has 0 aliphatic carbocycles. The number of anilines is 1. The molecular weight excluding hydrogens is 392 g/mol. The first-order chi connectivity index (χ1) is 13.7. The van der Waals surface area contributed by atoms with Crippen LogP contribution in [0.3, 0.4) is 0 Å². The first-order valence-corrected chi connectivity index (χ1v) is 8.83. The molecule has 2 rings (SSSR count). The van der Waals surface area contributed by atoms with Crippen LogP contribution in [-0.4, -0.2) is 30.1 Å². The Hall–Kier alpha value is -3.10. The van der Waals surface area contributed by atoms with Gasteiger partial charge in [0, 0.05) is 13.1 Å². The number of hydrogen-bond acceptors (Lipinski definition) is 3. The zero-order valence-corrected chi connectivity index (χ0v) is 15.6. The fourth-order valence-corrected chi connectivity index (χ4v) is 2.56. The molecule has 0 aromatic heterocycles. The summed E-state index contributed by atoms with van der Waals surface area (Å²) in [5, 5.41) is 2.16. The number of amides is 2. The van der Waals surface area contributed by atoms with E-state index in [1.54, 1.807) is 37.3 Å². The Labute approximate surface area is 165 Å². The lowest BCUT2D eigenvalue weighted by molar-refractivity contribution is -0.143. The lowest BCUT2D eigenvalue weighted by Crippen LogP contribution is -2.36. The van der Waals surface area contributed by atoms with E-state index in [0.29, 0.717) is 6.07 Å². The number of benzene rings is 2. The van der Waals surface area contributed by atoms with Crippen LogP contribution in [0, 0.1) is 5.82 Å². The highest BCUT2D eigenvalue weighted by atomic mass is 19.4.